The molecule has 0 amide bonds. The van der Waals surface area contributed by atoms with Gasteiger partial charge < -0.3 is 14.5 Å². The maximum Gasteiger partial charge on any atom is 0.324 e. The Bertz CT molecular complexity index is 358. The fourth-order valence-electron chi connectivity index (χ4n) is 3.22. The zero-order valence-electron chi connectivity index (χ0n) is 14.2. The molecule has 0 aromatic rings. The number of carbonyl (C=O) groups is 1. The van der Waals surface area contributed by atoms with Gasteiger partial charge in [-0.15, -0.1) is 0 Å². The van der Waals surface area contributed by atoms with Crippen LogP contribution in [0.3, 0.4) is 0 Å². The predicted octanol–water partition coefficient (Wildman–Crippen LogP) is -0.955. The largest absolute Gasteiger partial charge is 0.463 e. The number of piperazine rings is 1. The molecule has 128 valence electrons. The zero-order valence-corrected chi connectivity index (χ0v) is 14.2. The van der Waals surface area contributed by atoms with E-state index in [2.05, 4.69) is 16.8 Å². The van der Waals surface area contributed by atoms with E-state index in [1.54, 1.807) is 0 Å². The molecule has 0 spiro atoms. The van der Waals surface area contributed by atoms with Crippen LogP contribution in [0, 0.1) is 0 Å². The average Bonchev–Trinajstić information content (AvgIpc) is 2.47. The Kier molecular flexibility index (Phi) is 6.58. The van der Waals surface area contributed by atoms with Gasteiger partial charge in [-0.2, -0.15) is 0 Å². The molecule has 2 aliphatic heterocycles. The fourth-order valence-corrected chi connectivity index (χ4v) is 3.22. The van der Waals surface area contributed by atoms with Crippen molar-refractivity contribution in [3.63, 3.8) is 0 Å². The molecule has 0 aliphatic carbocycles. The Morgan fingerprint density at radius 1 is 1.23 bits per heavy atom. The van der Waals surface area contributed by atoms with Crippen molar-refractivity contribution in [3.05, 3.63) is 0 Å². The molecular weight excluding hydrogens is 282 g/mol. The first kappa shape index (κ1) is 17.6. The van der Waals surface area contributed by atoms with Gasteiger partial charge in [0.1, 0.15) is 12.6 Å². The third kappa shape index (κ3) is 4.89. The molecule has 0 radical (unpaired) electrons. The van der Waals surface area contributed by atoms with Crippen molar-refractivity contribution in [2.75, 3.05) is 67.0 Å². The van der Waals surface area contributed by atoms with Crippen LogP contribution in [0.5, 0.6) is 0 Å². The van der Waals surface area contributed by atoms with Crippen LogP contribution in [0.4, 0.5) is 0 Å². The number of likely N-dealkylation sites (N-methyl/N-ethyl adjacent to an activating group) is 2. The summed E-state index contributed by atoms with van der Waals surface area (Å²) in [5, 5.41) is 1.87. The summed E-state index contributed by atoms with van der Waals surface area (Å²) in [5.74, 6) is 5.77. The van der Waals surface area contributed by atoms with Crippen molar-refractivity contribution in [1.82, 2.24) is 19.7 Å². The number of esters is 1. The standard InChI is InChI=1S/C15H31N5O2/c1-17(2)10-11-22-15(21)14-12-18(3)8-9-20(14)13-4-6-19(16)7-5-13/h13-14H,4-12,16H2,1-3H3. The molecule has 22 heavy (non-hydrogen) atoms. The minimum Gasteiger partial charge on any atom is -0.463 e. The van der Waals surface area contributed by atoms with Crippen molar-refractivity contribution in [3.8, 4) is 0 Å². The Morgan fingerprint density at radius 3 is 2.55 bits per heavy atom. The molecule has 1 unspecified atom stereocenters. The summed E-state index contributed by atoms with van der Waals surface area (Å²) < 4.78 is 5.50. The summed E-state index contributed by atoms with van der Waals surface area (Å²) >= 11 is 0. The molecule has 2 aliphatic rings. The maximum atomic E-state index is 12.5. The van der Waals surface area contributed by atoms with Crippen LogP contribution in [0.1, 0.15) is 12.8 Å². The van der Waals surface area contributed by atoms with Crippen molar-refractivity contribution >= 4 is 5.97 Å². The first-order chi connectivity index (χ1) is 10.5. The Morgan fingerprint density at radius 2 is 1.91 bits per heavy atom. The van der Waals surface area contributed by atoms with E-state index in [4.69, 9.17) is 10.6 Å². The number of hydrazine groups is 1. The third-order valence-corrected chi connectivity index (χ3v) is 4.65. The van der Waals surface area contributed by atoms with Gasteiger partial charge >= 0.3 is 5.97 Å². The number of hydrogen-bond donors (Lipinski definition) is 1. The molecule has 7 nitrogen and oxygen atoms in total. The molecule has 2 N–H and O–H groups in total. The molecule has 2 fully saturated rings. The number of hydrogen-bond acceptors (Lipinski definition) is 7. The Balaban J connectivity index is 1.92. The van der Waals surface area contributed by atoms with Gasteiger partial charge in [0, 0.05) is 45.3 Å². The highest BCUT2D eigenvalue weighted by Gasteiger charge is 2.37. The van der Waals surface area contributed by atoms with E-state index in [0.717, 1.165) is 52.1 Å². The monoisotopic (exact) mass is 313 g/mol. The van der Waals surface area contributed by atoms with Crippen LogP contribution in [0.2, 0.25) is 0 Å². The molecule has 0 aromatic carbocycles. The minimum absolute atomic E-state index is 0.0800. The minimum atomic E-state index is -0.143. The number of nitrogens with two attached hydrogens (primary N) is 1. The molecule has 2 heterocycles. The van der Waals surface area contributed by atoms with E-state index in [0.29, 0.717) is 12.6 Å². The zero-order chi connectivity index (χ0) is 16.1. The summed E-state index contributed by atoms with van der Waals surface area (Å²) in [7, 11) is 6.03. The second kappa shape index (κ2) is 8.21. The van der Waals surface area contributed by atoms with Crippen molar-refractivity contribution in [2.24, 2.45) is 5.84 Å². The van der Waals surface area contributed by atoms with E-state index < -0.39 is 0 Å². The van der Waals surface area contributed by atoms with Gasteiger partial charge in [-0.05, 0) is 34.0 Å². The lowest BCUT2D eigenvalue weighted by atomic mass is 10.00. The molecule has 0 aromatic heterocycles. The van der Waals surface area contributed by atoms with Gasteiger partial charge in [0.25, 0.3) is 0 Å². The van der Waals surface area contributed by atoms with Crippen molar-refractivity contribution in [1.29, 1.82) is 0 Å². The number of nitrogens with zero attached hydrogens (tertiary/aromatic N) is 4. The SMILES string of the molecule is CN(C)CCOC(=O)C1CN(C)CCN1C1CCN(N)CC1. The molecule has 0 saturated carbocycles. The van der Waals surface area contributed by atoms with Gasteiger partial charge in [-0.3, -0.25) is 15.5 Å². The highest BCUT2D eigenvalue weighted by molar-refractivity contribution is 5.76. The second-order valence-corrected chi connectivity index (χ2v) is 6.75. The molecule has 2 saturated heterocycles. The van der Waals surface area contributed by atoms with Gasteiger partial charge in [-0.25, -0.2) is 5.01 Å². The number of piperidine rings is 1. The van der Waals surface area contributed by atoms with Crippen LogP contribution in [0.15, 0.2) is 0 Å². The molecule has 1 atom stereocenters. The Labute approximate surface area is 133 Å². The molecule has 2 rings (SSSR count). The normalized spacial score (nSPS) is 26.5. The quantitative estimate of drug-likeness (QED) is 0.518. The number of ether oxygens (including phenoxy) is 1. The lowest BCUT2D eigenvalue weighted by molar-refractivity contribution is -0.154. The predicted molar refractivity (Wildman–Crippen MR) is 86.3 cm³/mol. The molecular formula is C15H31N5O2. The van der Waals surface area contributed by atoms with Crippen LogP contribution in [-0.2, 0) is 9.53 Å². The number of rotatable bonds is 5. The van der Waals surface area contributed by atoms with Gasteiger partial charge in [0.2, 0.25) is 0 Å². The van der Waals surface area contributed by atoms with Gasteiger partial charge in [-0.1, -0.05) is 0 Å². The third-order valence-electron chi connectivity index (χ3n) is 4.65. The van der Waals surface area contributed by atoms with Crippen LogP contribution >= 0.6 is 0 Å². The topological polar surface area (TPSA) is 65.3 Å². The summed E-state index contributed by atoms with van der Waals surface area (Å²) in [4.78, 5) is 19.1. The smallest absolute Gasteiger partial charge is 0.324 e. The van der Waals surface area contributed by atoms with Crippen molar-refractivity contribution in [2.45, 2.75) is 24.9 Å². The van der Waals surface area contributed by atoms with E-state index in [1.165, 1.54) is 0 Å². The lowest BCUT2D eigenvalue weighted by Crippen LogP contribution is -2.61. The summed E-state index contributed by atoms with van der Waals surface area (Å²) in [6.07, 6.45) is 2.06. The average molecular weight is 313 g/mol. The summed E-state index contributed by atoms with van der Waals surface area (Å²) in [6, 6.07) is 0.301. The first-order valence-corrected chi connectivity index (χ1v) is 8.22. The van der Waals surface area contributed by atoms with Crippen molar-refractivity contribution < 1.29 is 9.53 Å². The van der Waals surface area contributed by atoms with Gasteiger partial charge in [0.15, 0.2) is 0 Å². The Hall–Kier alpha value is -0.730. The fraction of sp³-hybridized carbons (Fsp3) is 0.933. The summed E-state index contributed by atoms with van der Waals surface area (Å²) in [6.45, 7) is 5.72. The molecule has 7 heteroatoms. The van der Waals surface area contributed by atoms with Crippen LogP contribution in [-0.4, -0.2) is 105 Å². The maximum absolute atomic E-state index is 12.5. The van der Waals surface area contributed by atoms with E-state index >= 15 is 0 Å². The first-order valence-electron chi connectivity index (χ1n) is 8.22. The van der Waals surface area contributed by atoms with Crippen LogP contribution in [0.25, 0.3) is 0 Å². The van der Waals surface area contributed by atoms with Crippen LogP contribution < -0.4 is 5.84 Å². The van der Waals surface area contributed by atoms with E-state index in [9.17, 15) is 4.79 Å². The van der Waals surface area contributed by atoms with E-state index in [-0.39, 0.29) is 12.0 Å². The summed E-state index contributed by atoms with van der Waals surface area (Å²) in [5.41, 5.74) is 0. The van der Waals surface area contributed by atoms with Gasteiger partial charge in [0.05, 0.1) is 0 Å². The second-order valence-electron chi connectivity index (χ2n) is 6.75. The molecule has 0 bridgehead atoms. The highest BCUT2D eigenvalue weighted by Crippen LogP contribution is 2.21. The highest BCUT2D eigenvalue weighted by atomic mass is 16.5. The van der Waals surface area contributed by atoms with E-state index in [1.807, 2.05) is 24.0 Å². The number of carbonyl (C=O) groups excluding carboxylic acids is 1. The lowest BCUT2D eigenvalue weighted by Gasteiger charge is -2.45.